The fraction of sp³-hybridized carbons (Fsp3) is 0.800. The highest BCUT2D eigenvalue weighted by atomic mass is 16.4. The normalized spacial score (nSPS) is 11.7. The molecule has 21 heavy (non-hydrogen) atoms. The number of hydrogen-bond acceptors (Lipinski definition) is 3. The van der Waals surface area contributed by atoms with Crippen molar-refractivity contribution in [1.82, 2.24) is 10.6 Å². The lowest BCUT2D eigenvalue weighted by molar-refractivity contribution is -0.138. The van der Waals surface area contributed by atoms with Crippen molar-refractivity contribution in [2.24, 2.45) is 0 Å². The monoisotopic (exact) mass is 300 g/mol. The van der Waals surface area contributed by atoms with Gasteiger partial charge in [0.1, 0.15) is 12.6 Å². The van der Waals surface area contributed by atoms with Crippen LogP contribution in [0, 0.1) is 0 Å². The number of nitrogens with one attached hydrogen (secondary N) is 2. The van der Waals surface area contributed by atoms with Crippen molar-refractivity contribution < 1.29 is 19.5 Å². The van der Waals surface area contributed by atoms with Gasteiger partial charge < -0.3 is 15.7 Å². The summed E-state index contributed by atoms with van der Waals surface area (Å²) >= 11 is 0. The Morgan fingerprint density at radius 2 is 1.57 bits per heavy atom. The first-order valence-electron chi connectivity index (χ1n) is 7.76. The van der Waals surface area contributed by atoms with Crippen LogP contribution < -0.4 is 10.6 Å². The minimum absolute atomic E-state index is 0.165. The van der Waals surface area contributed by atoms with E-state index < -0.39 is 24.5 Å². The molecular weight excluding hydrogens is 272 g/mol. The Morgan fingerprint density at radius 3 is 2.14 bits per heavy atom. The van der Waals surface area contributed by atoms with Crippen molar-refractivity contribution in [1.29, 1.82) is 0 Å². The Labute approximate surface area is 126 Å². The molecule has 0 aromatic heterocycles. The lowest BCUT2D eigenvalue weighted by Crippen LogP contribution is -2.46. The van der Waals surface area contributed by atoms with Crippen molar-refractivity contribution in [2.75, 3.05) is 6.54 Å². The highest BCUT2D eigenvalue weighted by Gasteiger charge is 2.15. The summed E-state index contributed by atoms with van der Waals surface area (Å²) in [7, 11) is 0. The molecule has 0 bridgehead atoms. The second-order valence-corrected chi connectivity index (χ2v) is 5.27. The molecule has 3 N–H and O–H groups in total. The molecule has 0 aliphatic heterocycles. The number of carboxylic acids is 1. The first kappa shape index (κ1) is 19.4. The number of carboxylic acid groups (broad SMARTS) is 1. The summed E-state index contributed by atoms with van der Waals surface area (Å²) in [6, 6.07) is -0.707. The first-order chi connectivity index (χ1) is 9.97. The molecule has 6 nitrogen and oxygen atoms in total. The van der Waals surface area contributed by atoms with Crippen LogP contribution in [-0.4, -0.2) is 35.5 Å². The third-order valence-electron chi connectivity index (χ3n) is 3.19. The van der Waals surface area contributed by atoms with Crippen LogP contribution in [0.1, 0.15) is 65.2 Å². The van der Waals surface area contributed by atoms with Gasteiger partial charge in [-0.2, -0.15) is 0 Å². The minimum Gasteiger partial charge on any atom is -0.480 e. The second kappa shape index (κ2) is 12.2. The topological polar surface area (TPSA) is 95.5 Å². The van der Waals surface area contributed by atoms with Gasteiger partial charge in [-0.15, -0.1) is 0 Å². The van der Waals surface area contributed by atoms with Crippen molar-refractivity contribution in [2.45, 2.75) is 71.3 Å². The summed E-state index contributed by atoms with van der Waals surface area (Å²) in [4.78, 5) is 33.4. The number of amides is 2. The van der Waals surface area contributed by atoms with Gasteiger partial charge in [-0.25, -0.2) is 0 Å². The number of hydrogen-bond donors (Lipinski definition) is 3. The standard InChI is InChI=1S/C15H28N2O4/c1-3-4-5-6-7-8-9-10-13(18)17-12(2)15(21)16-11-14(19)20/h12H,3-11H2,1-2H3,(H,16,21)(H,17,18)(H,19,20)/t12-/m1/s1. The quantitative estimate of drug-likeness (QED) is 0.479. The summed E-state index contributed by atoms with van der Waals surface area (Å²) in [5, 5.41) is 13.2. The summed E-state index contributed by atoms with van der Waals surface area (Å²) in [6.45, 7) is 3.29. The fourth-order valence-electron chi connectivity index (χ4n) is 1.94. The molecule has 0 saturated carbocycles. The molecule has 0 heterocycles. The average molecular weight is 300 g/mol. The minimum atomic E-state index is -1.11. The van der Waals surface area contributed by atoms with E-state index in [9.17, 15) is 14.4 Å². The Kier molecular flexibility index (Phi) is 11.3. The van der Waals surface area contributed by atoms with Crippen molar-refractivity contribution in [3.8, 4) is 0 Å². The molecule has 0 radical (unpaired) electrons. The van der Waals surface area contributed by atoms with Gasteiger partial charge in [0.25, 0.3) is 0 Å². The molecule has 0 rings (SSSR count). The maximum atomic E-state index is 11.6. The molecule has 122 valence electrons. The van der Waals surface area contributed by atoms with E-state index in [1.807, 2.05) is 0 Å². The van der Waals surface area contributed by atoms with E-state index in [4.69, 9.17) is 5.11 Å². The summed E-state index contributed by atoms with van der Waals surface area (Å²) in [5.41, 5.74) is 0. The van der Waals surface area contributed by atoms with Crippen LogP contribution in [0.5, 0.6) is 0 Å². The largest absolute Gasteiger partial charge is 0.480 e. The van der Waals surface area contributed by atoms with Crippen LogP contribution in [0.4, 0.5) is 0 Å². The van der Waals surface area contributed by atoms with Crippen LogP contribution in [0.15, 0.2) is 0 Å². The smallest absolute Gasteiger partial charge is 0.322 e. The van der Waals surface area contributed by atoms with Gasteiger partial charge in [0.2, 0.25) is 11.8 Å². The zero-order chi connectivity index (χ0) is 16.1. The molecule has 1 atom stereocenters. The number of carbonyl (C=O) groups is 3. The molecule has 0 spiro atoms. The van der Waals surface area contributed by atoms with Crippen LogP contribution in [-0.2, 0) is 14.4 Å². The summed E-state index contributed by atoms with van der Waals surface area (Å²) < 4.78 is 0. The third kappa shape index (κ3) is 11.9. The van der Waals surface area contributed by atoms with Gasteiger partial charge in [-0.1, -0.05) is 45.4 Å². The summed E-state index contributed by atoms with van der Waals surface area (Å²) in [6.07, 6.45) is 8.35. The third-order valence-corrected chi connectivity index (χ3v) is 3.19. The predicted octanol–water partition coefficient (Wildman–Crippen LogP) is 1.83. The number of rotatable bonds is 12. The zero-order valence-electron chi connectivity index (χ0n) is 13.1. The van der Waals surface area contributed by atoms with E-state index in [-0.39, 0.29) is 5.91 Å². The highest BCUT2D eigenvalue weighted by Crippen LogP contribution is 2.08. The highest BCUT2D eigenvalue weighted by molar-refractivity contribution is 5.88. The number of carbonyl (C=O) groups excluding carboxylic acids is 2. The van der Waals surface area contributed by atoms with Crippen molar-refractivity contribution in [3.05, 3.63) is 0 Å². The number of aliphatic carboxylic acids is 1. The van der Waals surface area contributed by atoms with Gasteiger partial charge in [0.05, 0.1) is 0 Å². The molecule has 0 aromatic carbocycles. The molecular formula is C15H28N2O4. The molecule has 0 unspecified atom stereocenters. The van der Waals surface area contributed by atoms with Crippen LogP contribution in [0.25, 0.3) is 0 Å². The summed E-state index contributed by atoms with van der Waals surface area (Å²) in [5.74, 6) is -1.75. The average Bonchev–Trinajstić information content (AvgIpc) is 2.43. The maximum Gasteiger partial charge on any atom is 0.322 e. The van der Waals surface area contributed by atoms with E-state index in [1.165, 1.54) is 25.7 Å². The lowest BCUT2D eigenvalue weighted by Gasteiger charge is -2.13. The number of unbranched alkanes of at least 4 members (excludes halogenated alkanes) is 6. The van der Waals surface area contributed by atoms with Crippen LogP contribution >= 0.6 is 0 Å². The van der Waals surface area contributed by atoms with Gasteiger partial charge in [-0.05, 0) is 13.3 Å². The Bertz CT molecular complexity index is 332. The van der Waals surface area contributed by atoms with Crippen LogP contribution in [0.3, 0.4) is 0 Å². The first-order valence-corrected chi connectivity index (χ1v) is 7.76. The molecule has 6 heteroatoms. The van der Waals surface area contributed by atoms with Crippen molar-refractivity contribution >= 4 is 17.8 Å². The van der Waals surface area contributed by atoms with E-state index >= 15 is 0 Å². The molecule has 0 aliphatic carbocycles. The van der Waals surface area contributed by atoms with Crippen LogP contribution in [0.2, 0.25) is 0 Å². The van der Waals surface area contributed by atoms with E-state index in [1.54, 1.807) is 6.92 Å². The molecule has 0 aromatic rings. The molecule has 0 aliphatic rings. The predicted molar refractivity (Wildman–Crippen MR) is 80.9 cm³/mol. The lowest BCUT2D eigenvalue weighted by atomic mass is 10.1. The second-order valence-electron chi connectivity index (χ2n) is 5.27. The SMILES string of the molecule is CCCCCCCCCC(=O)N[C@H](C)C(=O)NCC(=O)O. The van der Waals surface area contributed by atoms with E-state index in [2.05, 4.69) is 17.6 Å². The van der Waals surface area contributed by atoms with Gasteiger partial charge >= 0.3 is 5.97 Å². The maximum absolute atomic E-state index is 11.6. The fourth-order valence-corrected chi connectivity index (χ4v) is 1.94. The van der Waals surface area contributed by atoms with Gasteiger partial charge in [0.15, 0.2) is 0 Å². The zero-order valence-corrected chi connectivity index (χ0v) is 13.1. The van der Waals surface area contributed by atoms with E-state index in [0.717, 1.165) is 19.3 Å². The molecule has 0 fully saturated rings. The Balaban J connectivity index is 3.64. The Morgan fingerprint density at radius 1 is 1.00 bits per heavy atom. The van der Waals surface area contributed by atoms with Gasteiger partial charge in [0, 0.05) is 6.42 Å². The Hall–Kier alpha value is -1.59. The van der Waals surface area contributed by atoms with Gasteiger partial charge in [-0.3, -0.25) is 14.4 Å². The molecule has 2 amide bonds. The van der Waals surface area contributed by atoms with E-state index in [0.29, 0.717) is 6.42 Å². The van der Waals surface area contributed by atoms with Crippen molar-refractivity contribution in [3.63, 3.8) is 0 Å². The molecule has 0 saturated heterocycles.